The van der Waals surface area contributed by atoms with Gasteiger partial charge < -0.3 is 10.2 Å². The summed E-state index contributed by atoms with van der Waals surface area (Å²) in [5.41, 5.74) is 0.625. The summed E-state index contributed by atoms with van der Waals surface area (Å²) in [6.45, 7) is 8.56. The van der Waals surface area contributed by atoms with Crippen molar-refractivity contribution in [3.63, 3.8) is 0 Å². The molecule has 19 heavy (non-hydrogen) atoms. The fourth-order valence-electron chi connectivity index (χ4n) is 2.38. The van der Waals surface area contributed by atoms with Gasteiger partial charge in [-0.15, -0.1) is 0 Å². The maximum absolute atomic E-state index is 8.97. The van der Waals surface area contributed by atoms with Crippen LogP contribution in [0.4, 0.5) is 5.13 Å². The standard InChI is InChI=1S/C13H19BrN4S/c1-13(2,3)17-9-5-4-6-18(8-9)12-16-10(7-15)11(14)19-12/h9,17H,4-6,8H2,1-3H3. The first-order valence-corrected chi connectivity index (χ1v) is 8.09. The molecule has 6 heteroatoms. The zero-order valence-corrected chi connectivity index (χ0v) is 13.9. The third kappa shape index (κ3) is 3.91. The molecule has 1 aliphatic rings. The van der Waals surface area contributed by atoms with Crippen molar-refractivity contribution in [1.82, 2.24) is 10.3 Å². The van der Waals surface area contributed by atoms with Gasteiger partial charge in [-0.3, -0.25) is 0 Å². The Bertz CT molecular complexity index is 486. The summed E-state index contributed by atoms with van der Waals surface area (Å²) in [5, 5.41) is 13.6. The van der Waals surface area contributed by atoms with Crippen LogP contribution in [0.5, 0.6) is 0 Å². The minimum atomic E-state index is 0.134. The average molecular weight is 343 g/mol. The van der Waals surface area contributed by atoms with Crippen LogP contribution in [0.25, 0.3) is 0 Å². The number of nitrogens with one attached hydrogen (secondary N) is 1. The van der Waals surface area contributed by atoms with E-state index < -0.39 is 0 Å². The Balaban J connectivity index is 2.06. The molecule has 1 aliphatic heterocycles. The number of anilines is 1. The van der Waals surface area contributed by atoms with E-state index in [9.17, 15) is 0 Å². The number of nitrogens with zero attached hydrogens (tertiary/aromatic N) is 3. The number of hydrogen-bond donors (Lipinski definition) is 1. The molecule has 0 saturated carbocycles. The lowest BCUT2D eigenvalue weighted by Gasteiger charge is -2.36. The predicted octanol–water partition coefficient (Wildman–Crippen LogP) is 3.13. The highest BCUT2D eigenvalue weighted by Crippen LogP contribution is 2.32. The minimum absolute atomic E-state index is 0.134. The van der Waals surface area contributed by atoms with Gasteiger partial charge in [-0.05, 0) is 49.5 Å². The normalized spacial score (nSPS) is 20.4. The lowest BCUT2D eigenvalue weighted by atomic mass is 10.0. The topological polar surface area (TPSA) is 52.0 Å². The molecule has 0 bridgehead atoms. The Morgan fingerprint density at radius 2 is 2.26 bits per heavy atom. The molecular weight excluding hydrogens is 324 g/mol. The minimum Gasteiger partial charge on any atom is -0.346 e. The molecule has 2 heterocycles. The van der Waals surface area contributed by atoms with Crippen LogP contribution in [0.2, 0.25) is 0 Å². The van der Waals surface area contributed by atoms with Gasteiger partial charge in [-0.25, -0.2) is 4.98 Å². The van der Waals surface area contributed by atoms with Gasteiger partial charge in [0.15, 0.2) is 10.8 Å². The van der Waals surface area contributed by atoms with E-state index in [2.05, 4.69) is 58.0 Å². The highest BCUT2D eigenvalue weighted by molar-refractivity contribution is 9.11. The number of halogens is 1. The molecule has 1 atom stereocenters. The van der Waals surface area contributed by atoms with Crippen molar-refractivity contribution in [2.24, 2.45) is 0 Å². The molecule has 104 valence electrons. The largest absolute Gasteiger partial charge is 0.346 e. The smallest absolute Gasteiger partial charge is 0.187 e. The van der Waals surface area contributed by atoms with E-state index in [1.807, 2.05) is 0 Å². The zero-order chi connectivity index (χ0) is 14.0. The first-order valence-electron chi connectivity index (χ1n) is 6.48. The second-order valence-corrected chi connectivity index (χ2v) is 8.21. The van der Waals surface area contributed by atoms with Gasteiger partial charge in [0, 0.05) is 24.7 Å². The molecule has 0 aliphatic carbocycles. The van der Waals surface area contributed by atoms with E-state index in [-0.39, 0.29) is 5.54 Å². The van der Waals surface area contributed by atoms with Crippen molar-refractivity contribution >= 4 is 32.4 Å². The van der Waals surface area contributed by atoms with Gasteiger partial charge in [0.25, 0.3) is 0 Å². The van der Waals surface area contributed by atoms with Crippen LogP contribution in [0.15, 0.2) is 3.79 Å². The number of aromatic nitrogens is 1. The summed E-state index contributed by atoms with van der Waals surface area (Å²) in [6.07, 6.45) is 2.36. The zero-order valence-electron chi connectivity index (χ0n) is 11.5. The van der Waals surface area contributed by atoms with Gasteiger partial charge in [0.05, 0.1) is 0 Å². The molecule has 1 aromatic heterocycles. The van der Waals surface area contributed by atoms with E-state index in [0.29, 0.717) is 11.7 Å². The lowest BCUT2D eigenvalue weighted by Crippen LogP contribution is -2.52. The number of piperidine rings is 1. The second kappa shape index (κ2) is 5.78. The van der Waals surface area contributed by atoms with E-state index in [1.165, 1.54) is 6.42 Å². The third-order valence-corrected chi connectivity index (χ3v) is 4.78. The van der Waals surface area contributed by atoms with Crippen molar-refractivity contribution in [2.75, 3.05) is 18.0 Å². The predicted molar refractivity (Wildman–Crippen MR) is 82.7 cm³/mol. The molecule has 2 rings (SSSR count). The average Bonchev–Trinajstić information content (AvgIpc) is 2.69. The Labute approximate surface area is 127 Å². The Morgan fingerprint density at radius 3 is 2.84 bits per heavy atom. The molecule has 1 aromatic rings. The van der Waals surface area contributed by atoms with Crippen molar-refractivity contribution < 1.29 is 0 Å². The number of hydrogen-bond acceptors (Lipinski definition) is 5. The third-order valence-electron chi connectivity index (χ3n) is 3.01. The van der Waals surface area contributed by atoms with E-state index in [4.69, 9.17) is 5.26 Å². The first kappa shape index (κ1) is 14.8. The molecule has 1 unspecified atom stereocenters. The molecule has 4 nitrogen and oxygen atoms in total. The van der Waals surface area contributed by atoms with E-state index in [1.54, 1.807) is 11.3 Å². The van der Waals surface area contributed by atoms with Gasteiger partial charge in [-0.2, -0.15) is 5.26 Å². The molecule has 0 aromatic carbocycles. The second-order valence-electron chi connectivity index (χ2n) is 5.91. The van der Waals surface area contributed by atoms with Crippen molar-refractivity contribution in [2.45, 2.75) is 45.2 Å². The monoisotopic (exact) mass is 342 g/mol. The summed E-state index contributed by atoms with van der Waals surface area (Å²) in [5.74, 6) is 0. The summed E-state index contributed by atoms with van der Waals surface area (Å²) >= 11 is 4.95. The van der Waals surface area contributed by atoms with Crippen LogP contribution in [0, 0.1) is 11.3 Å². The Hall–Kier alpha value is -0.640. The van der Waals surface area contributed by atoms with Gasteiger partial charge in [-0.1, -0.05) is 11.3 Å². The summed E-state index contributed by atoms with van der Waals surface area (Å²) in [4.78, 5) is 6.67. The summed E-state index contributed by atoms with van der Waals surface area (Å²) in [6, 6.07) is 2.60. The quantitative estimate of drug-likeness (QED) is 0.896. The number of rotatable bonds is 2. The van der Waals surface area contributed by atoms with Crippen LogP contribution in [-0.4, -0.2) is 29.7 Å². The SMILES string of the molecule is CC(C)(C)NC1CCCN(c2nc(C#N)c(Br)s2)C1. The van der Waals surface area contributed by atoms with Crippen LogP contribution < -0.4 is 10.2 Å². The molecule has 0 radical (unpaired) electrons. The molecule has 1 N–H and O–H groups in total. The van der Waals surface area contributed by atoms with Crippen LogP contribution in [0.1, 0.15) is 39.3 Å². The lowest BCUT2D eigenvalue weighted by molar-refractivity contribution is 0.323. The van der Waals surface area contributed by atoms with Crippen molar-refractivity contribution in [3.8, 4) is 6.07 Å². The highest BCUT2D eigenvalue weighted by Gasteiger charge is 2.25. The maximum atomic E-state index is 8.97. The van der Waals surface area contributed by atoms with Crippen LogP contribution in [0.3, 0.4) is 0 Å². The Morgan fingerprint density at radius 1 is 1.53 bits per heavy atom. The van der Waals surface area contributed by atoms with Crippen LogP contribution >= 0.6 is 27.3 Å². The van der Waals surface area contributed by atoms with Crippen LogP contribution in [-0.2, 0) is 0 Å². The molecular formula is C13H19BrN4S. The number of nitriles is 1. The van der Waals surface area contributed by atoms with Gasteiger partial charge in [0.1, 0.15) is 9.86 Å². The van der Waals surface area contributed by atoms with Gasteiger partial charge >= 0.3 is 0 Å². The fourth-order valence-corrected chi connectivity index (χ4v) is 3.77. The summed E-state index contributed by atoms with van der Waals surface area (Å²) in [7, 11) is 0. The maximum Gasteiger partial charge on any atom is 0.187 e. The summed E-state index contributed by atoms with van der Waals surface area (Å²) < 4.78 is 0.830. The van der Waals surface area contributed by atoms with E-state index in [0.717, 1.165) is 28.4 Å². The Kier molecular flexibility index (Phi) is 4.49. The number of thiazole rings is 1. The highest BCUT2D eigenvalue weighted by atomic mass is 79.9. The first-order chi connectivity index (χ1) is 8.89. The molecule has 0 spiro atoms. The van der Waals surface area contributed by atoms with E-state index >= 15 is 0 Å². The van der Waals surface area contributed by atoms with Crippen molar-refractivity contribution in [3.05, 3.63) is 9.48 Å². The molecule has 1 fully saturated rings. The van der Waals surface area contributed by atoms with Gasteiger partial charge in [0.2, 0.25) is 0 Å². The van der Waals surface area contributed by atoms with Crippen molar-refractivity contribution in [1.29, 1.82) is 5.26 Å². The fraction of sp³-hybridized carbons (Fsp3) is 0.692. The molecule has 0 amide bonds. The molecule has 1 saturated heterocycles.